The molecule has 11 heteroatoms. The Morgan fingerprint density at radius 3 is 2.58 bits per heavy atom. The van der Waals surface area contributed by atoms with Crippen LogP contribution >= 0.6 is 0 Å². The fourth-order valence-corrected chi connectivity index (χ4v) is 4.11. The third kappa shape index (κ3) is 5.08. The monoisotopic (exact) mass is 518 g/mol. The van der Waals surface area contributed by atoms with Gasteiger partial charge in [0, 0.05) is 26.1 Å². The van der Waals surface area contributed by atoms with Crippen LogP contribution in [0.2, 0.25) is 0 Å². The zero-order valence-corrected chi connectivity index (χ0v) is 21.1. The Hall–Kier alpha value is -4.67. The number of hydrogen-bond donors (Lipinski definition) is 2. The highest BCUT2D eigenvalue weighted by Crippen LogP contribution is 2.29. The zero-order valence-electron chi connectivity index (χ0n) is 21.1. The number of nitrogens with zero attached hydrogens (tertiary/aromatic N) is 4. The summed E-state index contributed by atoms with van der Waals surface area (Å²) in [5.74, 6) is 0.158. The number of fused-ring (bicyclic) bond motifs is 1. The first kappa shape index (κ1) is 25.0. The summed E-state index contributed by atoms with van der Waals surface area (Å²) >= 11 is 0. The van der Waals surface area contributed by atoms with Crippen molar-refractivity contribution in [2.75, 3.05) is 31.5 Å². The maximum absolute atomic E-state index is 13.4. The Balaban J connectivity index is 1.54. The van der Waals surface area contributed by atoms with Crippen LogP contribution in [0.3, 0.4) is 0 Å². The van der Waals surface area contributed by atoms with Crippen LogP contribution in [0.15, 0.2) is 60.8 Å². The topological polar surface area (TPSA) is 110 Å². The average molecular weight is 519 g/mol. The normalized spacial score (nSPS) is 16.1. The molecule has 1 amide bonds. The van der Waals surface area contributed by atoms with Crippen molar-refractivity contribution in [3.63, 3.8) is 0 Å². The lowest BCUT2D eigenvalue weighted by molar-refractivity contribution is 0.0601. The van der Waals surface area contributed by atoms with Crippen LogP contribution in [-0.4, -0.2) is 60.0 Å². The van der Waals surface area contributed by atoms with E-state index in [1.54, 1.807) is 37.4 Å². The number of carbonyl (C=O) groups excluding carboxylic acids is 2. The van der Waals surface area contributed by atoms with E-state index in [0.717, 1.165) is 11.3 Å². The highest BCUT2D eigenvalue weighted by atomic mass is 19.1. The number of benzene rings is 2. The molecule has 0 radical (unpaired) electrons. The largest absolute Gasteiger partial charge is 0.497 e. The maximum atomic E-state index is 13.4. The molecule has 1 saturated carbocycles. The van der Waals surface area contributed by atoms with Gasteiger partial charge in [0.15, 0.2) is 17.2 Å². The molecule has 10 nitrogen and oxygen atoms in total. The quantitative estimate of drug-likeness (QED) is 0.323. The van der Waals surface area contributed by atoms with Gasteiger partial charge < -0.3 is 25.0 Å². The third-order valence-electron chi connectivity index (χ3n) is 6.30. The molecule has 38 heavy (non-hydrogen) atoms. The second kappa shape index (κ2) is 10.4. The van der Waals surface area contributed by atoms with Crippen LogP contribution < -0.4 is 20.3 Å². The van der Waals surface area contributed by atoms with E-state index in [9.17, 15) is 14.0 Å². The SMILES string of the molecule is COC(=O)c1ccccc1Nc1cc(N(C)Cc2ccc(OC)cc2)c2ncc(C(=O)N[C@@H]3C[C@@H]3F)n2n1. The summed E-state index contributed by atoms with van der Waals surface area (Å²) in [6.45, 7) is 0.530. The van der Waals surface area contributed by atoms with Gasteiger partial charge in [-0.3, -0.25) is 4.79 Å². The lowest BCUT2D eigenvalue weighted by Crippen LogP contribution is -2.28. The Morgan fingerprint density at radius 2 is 1.89 bits per heavy atom. The van der Waals surface area contributed by atoms with Gasteiger partial charge in [-0.25, -0.2) is 18.7 Å². The minimum atomic E-state index is -1.04. The summed E-state index contributed by atoms with van der Waals surface area (Å²) in [4.78, 5) is 31.7. The van der Waals surface area contributed by atoms with E-state index in [-0.39, 0.29) is 5.69 Å². The van der Waals surface area contributed by atoms with Crippen LogP contribution in [0.1, 0.15) is 32.8 Å². The van der Waals surface area contributed by atoms with Crippen molar-refractivity contribution >= 4 is 34.7 Å². The van der Waals surface area contributed by atoms with E-state index in [1.807, 2.05) is 36.2 Å². The predicted molar refractivity (Wildman–Crippen MR) is 140 cm³/mol. The molecular formula is C27H27FN6O4. The van der Waals surface area contributed by atoms with Gasteiger partial charge in [-0.2, -0.15) is 0 Å². The summed E-state index contributed by atoms with van der Waals surface area (Å²) in [6, 6.07) is 15.9. The second-order valence-corrected chi connectivity index (χ2v) is 8.99. The number of rotatable bonds is 9. The number of methoxy groups -OCH3 is 2. The van der Waals surface area contributed by atoms with Crippen LogP contribution in [0.4, 0.5) is 21.6 Å². The molecule has 2 N–H and O–H groups in total. The lowest BCUT2D eigenvalue weighted by Gasteiger charge is -2.21. The second-order valence-electron chi connectivity index (χ2n) is 8.99. The van der Waals surface area contributed by atoms with Crippen molar-refractivity contribution in [1.82, 2.24) is 19.9 Å². The number of imidazole rings is 1. The molecule has 5 rings (SSSR count). The summed E-state index contributed by atoms with van der Waals surface area (Å²) in [7, 11) is 4.83. The van der Waals surface area contributed by atoms with Gasteiger partial charge in [0.1, 0.15) is 11.9 Å². The van der Waals surface area contributed by atoms with Crippen molar-refractivity contribution in [1.29, 1.82) is 0 Å². The highest BCUT2D eigenvalue weighted by Gasteiger charge is 2.39. The van der Waals surface area contributed by atoms with Crippen LogP contribution in [0.25, 0.3) is 5.65 Å². The van der Waals surface area contributed by atoms with Crippen LogP contribution in [0, 0.1) is 0 Å². The molecule has 1 aliphatic carbocycles. The number of hydrogen-bond acceptors (Lipinski definition) is 8. The summed E-state index contributed by atoms with van der Waals surface area (Å²) in [6.07, 6.45) is 0.678. The first-order valence-corrected chi connectivity index (χ1v) is 12.0. The van der Waals surface area contributed by atoms with E-state index in [1.165, 1.54) is 17.8 Å². The molecule has 2 aromatic carbocycles. The summed E-state index contributed by atoms with van der Waals surface area (Å²) < 4.78 is 25.0. The van der Waals surface area contributed by atoms with Crippen molar-refractivity contribution in [3.05, 3.63) is 77.6 Å². The van der Waals surface area contributed by atoms with Gasteiger partial charge >= 0.3 is 5.97 Å². The molecule has 0 bridgehead atoms. The van der Waals surface area contributed by atoms with Gasteiger partial charge in [-0.1, -0.05) is 24.3 Å². The molecule has 2 aromatic heterocycles. The Morgan fingerprint density at radius 1 is 1.16 bits per heavy atom. The lowest BCUT2D eigenvalue weighted by atomic mass is 10.1. The molecule has 0 unspecified atom stereocenters. The zero-order chi connectivity index (χ0) is 26.8. The van der Waals surface area contributed by atoms with E-state index >= 15 is 0 Å². The number of aromatic nitrogens is 3. The molecule has 1 fully saturated rings. The Bertz CT molecular complexity index is 1490. The van der Waals surface area contributed by atoms with Crippen LogP contribution in [-0.2, 0) is 11.3 Å². The van der Waals surface area contributed by atoms with Gasteiger partial charge in [-0.15, -0.1) is 5.10 Å². The molecule has 0 spiro atoms. The number of halogens is 1. The minimum absolute atomic E-state index is 0.170. The molecule has 0 aliphatic heterocycles. The minimum Gasteiger partial charge on any atom is -0.497 e. The van der Waals surface area contributed by atoms with E-state index in [4.69, 9.17) is 9.47 Å². The van der Waals surface area contributed by atoms with Gasteiger partial charge in [0.2, 0.25) is 0 Å². The van der Waals surface area contributed by atoms with Gasteiger partial charge in [0.05, 0.1) is 43.4 Å². The number of carbonyl (C=O) groups is 2. The summed E-state index contributed by atoms with van der Waals surface area (Å²) in [5, 5.41) is 10.4. The standard InChI is InChI=1S/C27H27FN6O4/c1-33(15-16-8-10-17(37-2)11-9-16)22-13-24(30-20-7-5-4-6-18(20)27(36)38-3)32-34-23(14-29-25(22)34)26(35)31-21-12-19(21)28/h4-11,13-14,19,21H,12,15H2,1-3H3,(H,30,32)(H,31,35)/t19-,21+/m0/s1. The maximum Gasteiger partial charge on any atom is 0.339 e. The number of esters is 1. The van der Waals surface area contributed by atoms with Crippen molar-refractivity contribution < 1.29 is 23.5 Å². The van der Waals surface area contributed by atoms with Gasteiger partial charge in [0.25, 0.3) is 5.91 Å². The number of anilines is 3. The number of para-hydroxylation sites is 1. The number of ether oxygens (including phenoxy) is 2. The van der Waals surface area contributed by atoms with Crippen molar-refractivity contribution in [2.45, 2.75) is 25.2 Å². The van der Waals surface area contributed by atoms with E-state index in [0.29, 0.717) is 41.4 Å². The Kier molecular flexibility index (Phi) is 6.82. The van der Waals surface area contributed by atoms with E-state index < -0.39 is 24.1 Å². The smallest absolute Gasteiger partial charge is 0.339 e. The highest BCUT2D eigenvalue weighted by molar-refractivity contribution is 5.97. The van der Waals surface area contributed by atoms with Crippen molar-refractivity contribution in [3.8, 4) is 5.75 Å². The third-order valence-corrected chi connectivity index (χ3v) is 6.30. The number of amides is 1. The molecular weight excluding hydrogens is 491 g/mol. The fraction of sp³-hybridized carbons (Fsp3) is 0.259. The molecule has 0 saturated heterocycles. The van der Waals surface area contributed by atoms with E-state index in [2.05, 4.69) is 20.7 Å². The first-order valence-electron chi connectivity index (χ1n) is 12.0. The molecule has 2 heterocycles. The van der Waals surface area contributed by atoms with Crippen LogP contribution in [0.5, 0.6) is 5.75 Å². The summed E-state index contributed by atoms with van der Waals surface area (Å²) in [5.41, 5.74) is 3.15. The molecule has 196 valence electrons. The predicted octanol–water partition coefficient (Wildman–Crippen LogP) is 3.74. The van der Waals surface area contributed by atoms with Crippen molar-refractivity contribution in [2.24, 2.45) is 0 Å². The first-order chi connectivity index (χ1) is 18.4. The van der Waals surface area contributed by atoms with Gasteiger partial charge in [-0.05, 0) is 29.8 Å². The number of alkyl halides is 1. The average Bonchev–Trinajstić information content (AvgIpc) is 3.44. The number of nitrogens with one attached hydrogen (secondary N) is 2. The molecule has 4 aromatic rings. The fourth-order valence-electron chi connectivity index (χ4n) is 4.11. The molecule has 2 atom stereocenters. The Labute approximate surface area is 218 Å². The molecule has 1 aliphatic rings.